The first-order valence-corrected chi connectivity index (χ1v) is 11.5. The van der Waals surface area contributed by atoms with Crippen molar-refractivity contribution in [2.45, 2.75) is 25.4 Å². The van der Waals surface area contributed by atoms with E-state index < -0.39 is 0 Å². The molecule has 0 saturated carbocycles. The lowest BCUT2D eigenvalue weighted by Gasteiger charge is -2.37. The molecular formula is C22H35N5O4. The molecule has 0 bridgehead atoms. The molecule has 172 valence electrons. The Morgan fingerprint density at radius 2 is 1.94 bits per heavy atom. The van der Waals surface area contributed by atoms with Crippen LogP contribution in [-0.2, 0) is 20.7 Å². The smallest absolute Gasteiger partial charge is 0.236 e. The number of hydrogen-bond acceptors (Lipinski definition) is 6. The van der Waals surface area contributed by atoms with Crippen LogP contribution >= 0.6 is 0 Å². The molecule has 0 aliphatic carbocycles. The molecule has 1 unspecified atom stereocenters. The van der Waals surface area contributed by atoms with Crippen LogP contribution in [0.1, 0.15) is 18.6 Å². The third kappa shape index (κ3) is 6.69. The fraction of sp³-hybridized carbons (Fsp3) is 0.727. The summed E-state index contributed by atoms with van der Waals surface area (Å²) in [5, 5.41) is 3.51. The predicted molar refractivity (Wildman–Crippen MR) is 117 cm³/mol. The summed E-state index contributed by atoms with van der Waals surface area (Å²) in [6, 6.07) is 3.91. The minimum absolute atomic E-state index is 0.209. The van der Waals surface area contributed by atoms with Gasteiger partial charge in [-0.2, -0.15) is 0 Å². The number of morpholine rings is 1. The highest BCUT2D eigenvalue weighted by molar-refractivity contribution is 5.80. The van der Waals surface area contributed by atoms with E-state index in [4.69, 9.17) is 18.9 Å². The average Bonchev–Trinajstić information content (AvgIpc) is 3.52. The van der Waals surface area contributed by atoms with Gasteiger partial charge in [-0.15, -0.1) is 0 Å². The maximum atomic E-state index is 12.5. The average molecular weight is 434 g/mol. The summed E-state index contributed by atoms with van der Waals surface area (Å²) in [6.45, 7) is 8.93. The monoisotopic (exact) mass is 433 g/mol. The van der Waals surface area contributed by atoms with E-state index in [1.807, 2.05) is 17.0 Å². The first-order chi connectivity index (χ1) is 15.3. The second kappa shape index (κ2) is 11.5. The highest BCUT2D eigenvalue weighted by atomic mass is 16.5. The van der Waals surface area contributed by atoms with Gasteiger partial charge in [0.15, 0.2) is 5.96 Å². The van der Waals surface area contributed by atoms with Crippen molar-refractivity contribution in [3.63, 3.8) is 0 Å². The normalized spacial score (nSPS) is 23.4. The molecule has 9 heteroatoms. The lowest BCUT2D eigenvalue weighted by atomic mass is 10.2. The Kier molecular flexibility index (Phi) is 8.20. The molecule has 1 N–H and O–H groups in total. The molecule has 31 heavy (non-hydrogen) atoms. The number of carbonyl (C=O) groups is 1. The van der Waals surface area contributed by atoms with Crippen molar-refractivity contribution >= 4 is 11.9 Å². The van der Waals surface area contributed by atoms with Gasteiger partial charge in [-0.3, -0.25) is 14.7 Å². The van der Waals surface area contributed by atoms with Crippen LogP contribution in [-0.4, -0.2) is 111 Å². The molecule has 4 heterocycles. The summed E-state index contributed by atoms with van der Waals surface area (Å²) >= 11 is 0. The van der Waals surface area contributed by atoms with Gasteiger partial charge in [0.1, 0.15) is 5.76 Å². The molecule has 0 spiro atoms. The molecule has 0 aromatic carbocycles. The number of carbonyl (C=O) groups excluding carboxylic acids is 1. The second-order valence-electron chi connectivity index (χ2n) is 8.31. The van der Waals surface area contributed by atoms with E-state index in [2.05, 4.69) is 15.1 Å². The molecule has 1 atom stereocenters. The minimum Gasteiger partial charge on any atom is -0.469 e. The quantitative estimate of drug-likeness (QED) is 0.493. The first-order valence-electron chi connectivity index (χ1n) is 11.5. The minimum atomic E-state index is 0.209. The van der Waals surface area contributed by atoms with Gasteiger partial charge in [0.05, 0.1) is 38.7 Å². The third-order valence-electron chi connectivity index (χ3n) is 6.10. The Bertz CT molecular complexity index is 691. The van der Waals surface area contributed by atoms with Crippen LogP contribution in [0.3, 0.4) is 0 Å². The van der Waals surface area contributed by atoms with E-state index in [9.17, 15) is 4.79 Å². The molecule has 1 amide bonds. The molecule has 3 aliphatic rings. The zero-order valence-electron chi connectivity index (χ0n) is 18.3. The Morgan fingerprint density at radius 1 is 1.10 bits per heavy atom. The Balaban J connectivity index is 1.26. The van der Waals surface area contributed by atoms with Gasteiger partial charge in [-0.25, -0.2) is 0 Å². The molecule has 1 aromatic rings. The number of nitrogens with zero attached hydrogens (tertiary/aromatic N) is 4. The number of aliphatic imine (C=N–C) groups is 1. The van der Waals surface area contributed by atoms with Gasteiger partial charge in [0.2, 0.25) is 5.91 Å². The zero-order valence-corrected chi connectivity index (χ0v) is 18.3. The topological polar surface area (TPSA) is 82.8 Å². The maximum absolute atomic E-state index is 12.5. The number of guanidine groups is 1. The maximum Gasteiger partial charge on any atom is 0.236 e. The molecule has 9 nitrogen and oxygen atoms in total. The van der Waals surface area contributed by atoms with Gasteiger partial charge in [0.25, 0.3) is 0 Å². The number of furan rings is 1. The van der Waals surface area contributed by atoms with Crippen LogP contribution < -0.4 is 5.32 Å². The van der Waals surface area contributed by atoms with Crippen molar-refractivity contribution in [2.24, 2.45) is 4.99 Å². The van der Waals surface area contributed by atoms with E-state index in [-0.39, 0.29) is 12.0 Å². The summed E-state index contributed by atoms with van der Waals surface area (Å²) in [6.07, 6.45) is 4.96. The molecule has 3 fully saturated rings. The summed E-state index contributed by atoms with van der Waals surface area (Å²) in [5.41, 5.74) is 0. The van der Waals surface area contributed by atoms with Crippen LogP contribution in [0.4, 0.5) is 0 Å². The Morgan fingerprint density at radius 3 is 2.65 bits per heavy atom. The molecule has 1 aromatic heterocycles. The molecule has 3 saturated heterocycles. The van der Waals surface area contributed by atoms with Crippen molar-refractivity contribution in [3.8, 4) is 0 Å². The van der Waals surface area contributed by atoms with Crippen molar-refractivity contribution in [1.82, 2.24) is 20.0 Å². The van der Waals surface area contributed by atoms with Gasteiger partial charge in [-0.1, -0.05) is 0 Å². The lowest BCUT2D eigenvalue weighted by molar-refractivity contribution is -0.136. The van der Waals surface area contributed by atoms with Crippen LogP contribution in [0.25, 0.3) is 0 Å². The number of hydrogen-bond donors (Lipinski definition) is 1. The number of rotatable bonds is 7. The van der Waals surface area contributed by atoms with Crippen molar-refractivity contribution in [3.05, 3.63) is 24.2 Å². The van der Waals surface area contributed by atoms with Gasteiger partial charge >= 0.3 is 0 Å². The molecular weight excluding hydrogens is 398 g/mol. The lowest BCUT2D eigenvalue weighted by Crippen LogP contribution is -2.55. The Hall–Kier alpha value is -2.10. The fourth-order valence-electron chi connectivity index (χ4n) is 4.22. The highest BCUT2D eigenvalue weighted by Gasteiger charge is 2.25. The van der Waals surface area contributed by atoms with Gasteiger partial charge < -0.3 is 29.0 Å². The van der Waals surface area contributed by atoms with Crippen molar-refractivity contribution < 1.29 is 18.7 Å². The fourth-order valence-corrected chi connectivity index (χ4v) is 4.22. The van der Waals surface area contributed by atoms with Crippen LogP contribution in [0.15, 0.2) is 27.8 Å². The van der Waals surface area contributed by atoms with E-state index in [0.717, 1.165) is 70.3 Å². The Labute approximate surface area is 184 Å². The molecule has 4 rings (SSSR count). The second-order valence-corrected chi connectivity index (χ2v) is 8.31. The van der Waals surface area contributed by atoms with E-state index in [0.29, 0.717) is 39.4 Å². The molecule has 0 radical (unpaired) electrons. The SMILES string of the molecule is O=C(CN1CCN(C(=NCC2CCCO2)NCCc2ccco2)CC1)N1CCOCC1. The highest BCUT2D eigenvalue weighted by Crippen LogP contribution is 2.12. The summed E-state index contributed by atoms with van der Waals surface area (Å²) < 4.78 is 16.5. The first kappa shape index (κ1) is 22.1. The third-order valence-corrected chi connectivity index (χ3v) is 6.10. The standard InChI is InChI=1S/C22H35N5O4/c28-21(26-11-15-29-16-12-26)18-25-7-9-27(10-8-25)22(24-17-20-4-2-14-31-20)23-6-5-19-3-1-13-30-19/h1,3,13,20H,2,4-12,14-18H2,(H,23,24). The largest absolute Gasteiger partial charge is 0.469 e. The van der Waals surface area contributed by atoms with E-state index >= 15 is 0 Å². The predicted octanol–water partition coefficient (Wildman–Crippen LogP) is 0.423. The van der Waals surface area contributed by atoms with Crippen molar-refractivity contribution in [2.75, 3.05) is 78.7 Å². The van der Waals surface area contributed by atoms with Crippen LogP contribution in [0, 0.1) is 0 Å². The number of ether oxygens (including phenoxy) is 2. The van der Waals surface area contributed by atoms with Crippen LogP contribution in [0.5, 0.6) is 0 Å². The summed E-state index contributed by atoms with van der Waals surface area (Å²) in [5.74, 6) is 2.11. The van der Waals surface area contributed by atoms with Crippen LogP contribution in [0.2, 0.25) is 0 Å². The van der Waals surface area contributed by atoms with Crippen molar-refractivity contribution in [1.29, 1.82) is 0 Å². The summed E-state index contributed by atoms with van der Waals surface area (Å²) in [4.78, 5) is 23.9. The number of nitrogens with one attached hydrogen (secondary N) is 1. The van der Waals surface area contributed by atoms with Gasteiger partial charge in [-0.05, 0) is 25.0 Å². The van der Waals surface area contributed by atoms with E-state index in [1.54, 1.807) is 6.26 Å². The van der Waals surface area contributed by atoms with Gasteiger partial charge in [0, 0.05) is 58.8 Å². The number of amides is 1. The number of piperazine rings is 1. The summed E-state index contributed by atoms with van der Waals surface area (Å²) in [7, 11) is 0. The van der Waals surface area contributed by atoms with E-state index in [1.165, 1.54) is 0 Å². The zero-order chi connectivity index (χ0) is 21.3. The molecule has 3 aliphatic heterocycles.